The van der Waals surface area contributed by atoms with Crippen LogP contribution in [0, 0.1) is 0 Å². The summed E-state index contributed by atoms with van der Waals surface area (Å²) >= 11 is 0. The SMILES string of the molecule is CCCOS(=O)(=O)C(Cc1ccccc1)P(=O)(c1ccccc1)c1ccccc1. The molecule has 0 spiro atoms. The molecule has 3 aromatic rings. The van der Waals surface area contributed by atoms with Gasteiger partial charge in [0.05, 0.1) is 6.61 Å². The lowest BCUT2D eigenvalue weighted by Gasteiger charge is -2.28. The maximum absolute atomic E-state index is 14.7. The molecule has 0 radical (unpaired) electrons. The second kappa shape index (κ2) is 9.53. The predicted octanol–water partition coefficient (Wildman–Crippen LogP) is 4.33. The van der Waals surface area contributed by atoms with Gasteiger partial charge in [-0.1, -0.05) is 97.9 Å². The first-order chi connectivity index (χ1) is 14.0. The molecule has 4 nitrogen and oxygen atoms in total. The summed E-state index contributed by atoms with van der Waals surface area (Å²) in [5.41, 5.74) is 0.799. The zero-order valence-corrected chi connectivity index (χ0v) is 18.1. The van der Waals surface area contributed by atoms with Gasteiger partial charge in [-0.15, -0.1) is 0 Å². The Labute approximate surface area is 173 Å². The summed E-state index contributed by atoms with van der Waals surface area (Å²) in [6.07, 6.45) is 0.659. The smallest absolute Gasteiger partial charge is 0.278 e. The van der Waals surface area contributed by atoms with Crippen molar-refractivity contribution in [3.63, 3.8) is 0 Å². The van der Waals surface area contributed by atoms with Crippen molar-refractivity contribution in [2.24, 2.45) is 0 Å². The molecule has 6 heteroatoms. The van der Waals surface area contributed by atoms with Crippen LogP contribution in [-0.4, -0.2) is 20.0 Å². The number of rotatable bonds is 9. The van der Waals surface area contributed by atoms with Crippen LogP contribution >= 0.6 is 7.14 Å². The summed E-state index contributed by atoms with van der Waals surface area (Å²) in [4.78, 5) is -1.21. The molecule has 0 amide bonds. The quantitative estimate of drug-likeness (QED) is 0.376. The Bertz CT molecular complexity index is 1010. The molecule has 1 unspecified atom stereocenters. The van der Waals surface area contributed by atoms with Crippen molar-refractivity contribution in [1.29, 1.82) is 0 Å². The van der Waals surface area contributed by atoms with Crippen molar-refractivity contribution in [2.75, 3.05) is 6.61 Å². The molecule has 29 heavy (non-hydrogen) atoms. The van der Waals surface area contributed by atoms with Gasteiger partial charge in [0.15, 0.2) is 12.1 Å². The van der Waals surface area contributed by atoms with E-state index in [0.29, 0.717) is 17.0 Å². The van der Waals surface area contributed by atoms with Crippen molar-refractivity contribution >= 4 is 27.9 Å². The van der Waals surface area contributed by atoms with Gasteiger partial charge < -0.3 is 4.57 Å². The van der Waals surface area contributed by atoms with Crippen molar-refractivity contribution in [3.05, 3.63) is 96.6 Å². The standard InChI is InChI=1S/C23H25O4PS/c1-2-18-27-29(25,26)23(19-20-12-6-3-7-13-20)28(24,21-14-8-4-9-15-21)22-16-10-5-11-17-22/h3-17,23H,2,18-19H2,1H3. The van der Waals surface area contributed by atoms with Crippen LogP contribution in [0.1, 0.15) is 18.9 Å². The molecule has 0 aliphatic carbocycles. The molecule has 3 rings (SSSR count). The van der Waals surface area contributed by atoms with Crippen LogP contribution in [-0.2, 0) is 25.3 Å². The zero-order chi connectivity index (χ0) is 20.7. The molecule has 0 aliphatic rings. The fourth-order valence-electron chi connectivity index (χ4n) is 3.29. The second-order valence-corrected chi connectivity index (χ2v) is 11.9. The van der Waals surface area contributed by atoms with Crippen LogP contribution in [0.4, 0.5) is 0 Å². The van der Waals surface area contributed by atoms with Gasteiger partial charge in [0, 0.05) is 10.6 Å². The van der Waals surface area contributed by atoms with Crippen LogP contribution in [0.15, 0.2) is 91.0 Å². The van der Waals surface area contributed by atoms with Gasteiger partial charge in [0.1, 0.15) is 0 Å². The Hall–Kier alpha value is -2.20. The maximum atomic E-state index is 14.7. The fraction of sp³-hybridized carbons (Fsp3) is 0.217. The van der Waals surface area contributed by atoms with E-state index in [1.165, 1.54) is 0 Å². The van der Waals surface area contributed by atoms with Gasteiger partial charge in [-0.25, -0.2) is 0 Å². The van der Waals surface area contributed by atoms with E-state index in [0.717, 1.165) is 5.56 Å². The number of benzene rings is 3. The fourth-order valence-corrected chi connectivity index (χ4v) is 9.27. The Morgan fingerprint density at radius 2 is 1.24 bits per heavy atom. The molecule has 0 N–H and O–H groups in total. The van der Waals surface area contributed by atoms with E-state index in [1.54, 1.807) is 48.5 Å². The first kappa shape index (κ1) is 21.5. The van der Waals surface area contributed by atoms with E-state index in [4.69, 9.17) is 4.18 Å². The van der Waals surface area contributed by atoms with Crippen molar-refractivity contribution in [3.8, 4) is 0 Å². The van der Waals surface area contributed by atoms with Crippen LogP contribution in [0.2, 0.25) is 0 Å². The van der Waals surface area contributed by atoms with E-state index in [-0.39, 0.29) is 13.0 Å². The normalized spacial score (nSPS) is 13.1. The van der Waals surface area contributed by atoms with E-state index < -0.39 is 22.3 Å². The molecular weight excluding hydrogens is 403 g/mol. The van der Waals surface area contributed by atoms with Crippen LogP contribution < -0.4 is 10.6 Å². The zero-order valence-electron chi connectivity index (χ0n) is 16.3. The first-order valence-corrected chi connectivity index (χ1v) is 12.9. The Morgan fingerprint density at radius 1 is 0.793 bits per heavy atom. The Balaban J connectivity index is 2.21. The highest BCUT2D eigenvalue weighted by Gasteiger charge is 2.45. The van der Waals surface area contributed by atoms with Gasteiger partial charge in [0.2, 0.25) is 0 Å². The third-order valence-electron chi connectivity index (χ3n) is 4.72. The minimum Gasteiger partial charge on any atom is -0.312 e. The van der Waals surface area contributed by atoms with E-state index >= 15 is 0 Å². The molecule has 152 valence electrons. The Morgan fingerprint density at radius 3 is 1.69 bits per heavy atom. The van der Waals surface area contributed by atoms with Crippen molar-refractivity contribution < 1.29 is 17.2 Å². The lowest BCUT2D eigenvalue weighted by Crippen LogP contribution is -2.34. The van der Waals surface area contributed by atoms with Gasteiger partial charge in [-0.3, -0.25) is 4.18 Å². The highest BCUT2D eigenvalue weighted by Crippen LogP contribution is 2.52. The minimum absolute atomic E-state index is 0.0667. The molecule has 0 bridgehead atoms. The highest BCUT2D eigenvalue weighted by atomic mass is 32.2. The molecule has 0 saturated heterocycles. The van der Waals surface area contributed by atoms with Crippen LogP contribution in [0.25, 0.3) is 0 Å². The monoisotopic (exact) mass is 428 g/mol. The van der Waals surface area contributed by atoms with Crippen LogP contribution in [0.5, 0.6) is 0 Å². The second-order valence-electron chi connectivity index (χ2n) is 6.79. The van der Waals surface area contributed by atoms with Gasteiger partial charge in [0.25, 0.3) is 10.1 Å². The lowest BCUT2D eigenvalue weighted by atomic mass is 10.2. The third-order valence-corrected chi connectivity index (χ3v) is 10.8. The summed E-state index contributed by atoms with van der Waals surface area (Å²) in [6, 6.07) is 27.0. The predicted molar refractivity (Wildman–Crippen MR) is 119 cm³/mol. The molecule has 3 aromatic carbocycles. The summed E-state index contributed by atoms with van der Waals surface area (Å²) in [5.74, 6) is 0. The highest BCUT2D eigenvalue weighted by molar-refractivity contribution is 8.00. The number of hydrogen-bond acceptors (Lipinski definition) is 4. The van der Waals surface area contributed by atoms with Gasteiger partial charge >= 0.3 is 0 Å². The average Bonchev–Trinajstić information content (AvgIpc) is 2.77. The van der Waals surface area contributed by atoms with Gasteiger partial charge in [-0.05, 0) is 18.4 Å². The third kappa shape index (κ3) is 4.87. The largest absolute Gasteiger partial charge is 0.312 e. The average molecular weight is 428 g/mol. The van der Waals surface area contributed by atoms with Crippen LogP contribution in [0.3, 0.4) is 0 Å². The lowest BCUT2D eigenvalue weighted by molar-refractivity contribution is 0.316. The van der Waals surface area contributed by atoms with E-state index in [9.17, 15) is 13.0 Å². The Kier molecular flexibility index (Phi) is 7.07. The molecular formula is C23H25O4PS. The maximum Gasteiger partial charge on any atom is 0.278 e. The molecule has 0 fully saturated rings. The molecule has 0 saturated carbocycles. The molecule has 0 aromatic heterocycles. The van der Waals surface area contributed by atoms with Crippen molar-refractivity contribution in [1.82, 2.24) is 0 Å². The topological polar surface area (TPSA) is 60.4 Å². The summed E-state index contributed by atoms with van der Waals surface area (Å²) in [7, 11) is -7.67. The van der Waals surface area contributed by atoms with Crippen molar-refractivity contribution in [2.45, 2.75) is 24.8 Å². The summed E-state index contributed by atoms with van der Waals surface area (Å²) in [6.45, 7) is 1.91. The van der Waals surface area contributed by atoms with Gasteiger partial charge in [-0.2, -0.15) is 8.42 Å². The van der Waals surface area contributed by atoms with E-state index in [1.807, 2.05) is 49.4 Å². The number of hydrogen-bond donors (Lipinski definition) is 0. The molecule has 0 aliphatic heterocycles. The molecule has 1 atom stereocenters. The summed E-state index contributed by atoms with van der Waals surface area (Å²) < 4.78 is 46.6. The summed E-state index contributed by atoms with van der Waals surface area (Å²) in [5, 5.41) is 1.02. The first-order valence-electron chi connectivity index (χ1n) is 9.61. The molecule has 0 heterocycles. The minimum atomic E-state index is -4.10. The van der Waals surface area contributed by atoms with E-state index in [2.05, 4.69) is 0 Å².